The minimum atomic E-state index is -0.502. The van der Waals surface area contributed by atoms with Crippen molar-refractivity contribution in [2.45, 2.75) is 65.4 Å². The Hall–Kier alpha value is -0.300. The molecular weight excluding hydrogens is 196 g/mol. The summed E-state index contributed by atoms with van der Waals surface area (Å²) in [5.41, 5.74) is 2.86. The smallest absolute Gasteiger partial charge is 0.0620 e. The first-order valence-electron chi connectivity index (χ1n) is 6.80. The Morgan fingerprint density at radius 2 is 1.88 bits per heavy atom. The number of fused-ring (bicyclic) bond motifs is 1. The van der Waals surface area contributed by atoms with E-state index >= 15 is 0 Å². The molecule has 1 N–H and O–H groups in total. The zero-order valence-electron chi connectivity index (χ0n) is 11.2. The van der Waals surface area contributed by atoms with Crippen LogP contribution in [0, 0.1) is 17.8 Å². The van der Waals surface area contributed by atoms with Gasteiger partial charge in [0.25, 0.3) is 0 Å². The molecule has 0 radical (unpaired) electrons. The van der Waals surface area contributed by atoms with Gasteiger partial charge in [-0.05, 0) is 70.6 Å². The molecule has 1 saturated carbocycles. The van der Waals surface area contributed by atoms with Crippen molar-refractivity contribution in [2.75, 3.05) is 0 Å². The van der Waals surface area contributed by atoms with Crippen LogP contribution in [0.1, 0.15) is 59.8 Å². The summed E-state index contributed by atoms with van der Waals surface area (Å²) in [5, 5.41) is 10.2. The van der Waals surface area contributed by atoms with Crippen LogP contribution in [0.3, 0.4) is 0 Å². The van der Waals surface area contributed by atoms with Crippen LogP contribution in [-0.2, 0) is 0 Å². The zero-order valence-corrected chi connectivity index (χ0v) is 11.2. The van der Waals surface area contributed by atoms with Crippen LogP contribution in [0.15, 0.2) is 11.1 Å². The highest BCUT2D eigenvalue weighted by atomic mass is 16.3. The lowest BCUT2D eigenvalue weighted by Crippen LogP contribution is -2.32. The van der Waals surface area contributed by atoms with Crippen LogP contribution in [-0.4, -0.2) is 10.7 Å². The summed E-state index contributed by atoms with van der Waals surface area (Å²) in [6.07, 6.45) is 6.25. The highest BCUT2D eigenvalue weighted by molar-refractivity contribution is 5.22. The number of rotatable bonds is 1. The molecule has 1 nitrogen and oxygen atoms in total. The highest BCUT2D eigenvalue weighted by Crippen LogP contribution is 2.47. The third kappa shape index (κ3) is 2.20. The Labute approximate surface area is 99.9 Å². The van der Waals surface area contributed by atoms with Gasteiger partial charge in [0.1, 0.15) is 0 Å². The second-order valence-electron chi connectivity index (χ2n) is 6.55. The maximum absolute atomic E-state index is 10.2. The Bertz CT molecular complexity index is 295. The molecule has 3 atom stereocenters. The summed E-state index contributed by atoms with van der Waals surface area (Å²) in [4.78, 5) is 0. The van der Waals surface area contributed by atoms with E-state index in [2.05, 4.69) is 13.8 Å². The van der Waals surface area contributed by atoms with Crippen LogP contribution in [0.2, 0.25) is 0 Å². The summed E-state index contributed by atoms with van der Waals surface area (Å²) in [6.45, 7) is 8.67. The molecule has 16 heavy (non-hydrogen) atoms. The molecule has 0 amide bonds. The van der Waals surface area contributed by atoms with E-state index < -0.39 is 5.60 Å². The molecule has 2 unspecified atom stereocenters. The van der Waals surface area contributed by atoms with E-state index in [-0.39, 0.29) is 0 Å². The van der Waals surface area contributed by atoms with Gasteiger partial charge in [0.15, 0.2) is 0 Å². The van der Waals surface area contributed by atoms with Crippen LogP contribution in [0.25, 0.3) is 0 Å². The zero-order chi connectivity index (χ0) is 11.9. The van der Waals surface area contributed by atoms with Gasteiger partial charge in [-0.2, -0.15) is 0 Å². The molecule has 1 heteroatoms. The SMILES string of the molecule is CC1=C2CC[C@H](C)C2CC(C(C)(C)O)CC1. The van der Waals surface area contributed by atoms with E-state index in [9.17, 15) is 5.11 Å². The van der Waals surface area contributed by atoms with Gasteiger partial charge < -0.3 is 5.11 Å². The Balaban J connectivity index is 2.21. The molecule has 2 aliphatic rings. The van der Waals surface area contributed by atoms with Crippen molar-refractivity contribution in [2.24, 2.45) is 17.8 Å². The van der Waals surface area contributed by atoms with Gasteiger partial charge in [0, 0.05) is 0 Å². The molecule has 92 valence electrons. The van der Waals surface area contributed by atoms with Gasteiger partial charge >= 0.3 is 0 Å². The average molecular weight is 222 g/mol. The number of allylic oxidation sites excluding steroid dienone is 2. The fourth-order valence-corrected chi connectivity index (χ4v) is 3.63. The summed E-state index contributed by atoms with van der Waals surface area (Å²) in [6, 6.07) is 0. The Morgan fingerprint density at radius 3 is 2.50 bits per heavy atom. The number of aliphatic hydroxyl groups is 1. The molecule has 0 heterocycles. The largest absolute Gasteiger partial charge is 0.390 e. The minimum Gasteiger partial charge on any atom is -0.390 e. The van der Waals surface area contributed by atoms with Gasteiger partial charge in [-0.15, -0.1) is 0 Å². The third-order valence-electron chi connectivity index (χ3n) is 4.96. The van der Waals surface area contributed by atoms with E-state index in [4.69, 9.17) is 0 Å². The van der Waals surface area contributed by atoms with Crippen molar-refractivity contribution in [1.82, 2.24) is 0 Å². The molecule has 0 aromatic rings. The molecule has 0 saturated heterocycles. The maximum Gasteiger partial charge on any atom is 0.0620 e. The maximum atomic E-state index is 10.2. The molecule has 2 rings (SSSR count). The van der Waals surface area contributed by atoms with Crippen LogP contribution < -0.4 is 0 Å². The first-order chi connectivity index (χ1) is 7.39. The van der Waals surface area contributed by atoms with Crippen molar-refractivity contribution in [3.05, 3.63) is 11.1 Å². The van der Waals surface area contributed by atoms with Gasteiger partial charge in [-0.25, -0.2) is 0 Å². The highest BCUT2D eigenvalue weighted by Gasteiger charge is 2.37. The monoisotopic (exact) mass is 222 g/mol. The fraction of sp³-hybridized carbons (Fsp3) is 0.867. The van der Waals surface area contributed by atoms with Crippen LogP contribution >= 0.6 is 0 Å². The van der Waals surface area contributed by atoms with Crippen molar-refractivity contribution in [1.29, 1.82) is 0 Å². The summed E-state index contributed by atoms with van der Waals surface area (Å²) < 4.78 is 0. The Morgan fingerprint density at radius 1 is 1.19 bits per heavy atom. The first-order valence-corrected chi connectivity index (χ1v) is 6.80. The van der Waals surface area contributed by atoms with Crippen LogP contribution in [0.5, 0.6) is 0 Å². The van der Waals surface area contributed by atoms with Crippen molar-refractivity contribution in [3.63, 3.8) is 0 Å². The molecule has 0 spiro atoms. The molecule has 0 bridgehead atoms. The lowest BCUT2D eigenvalue weighted by Gasteiger charge is -2.31. The van der Waals surface area contributed by atoms with E-state index in [1.54, 1.807) is 11.1 Å². The molecule has 0 aromatic carbocycles. The number of hydrogen-bond acceptors (Lipinski definition) is 1. The first kappa shape index (κ1) is 12.2. The predicted octanol–water partition coefficient (Wildman–Crippen LogP) is 3.92. The third-order valence-corrected chi connectivity index (χ3v) is 4.96. The quantitative estimate of drug-likeness (QED) is 0.667. The van der Waals surface area contributed by atoms with Gasteiger partial charge in [0.2, 0.25) is 0 Å². The van der Waals surface area contributed by atoms with Crippen molar-refractivity contribution in [3.8, 4) is 0 Å². The lowest BCUT2D eigenvalue weighted by atomic mass is 9.79. The van der Waals surface area contributed by atoms with E-state index in [0.717, 1.165) is 11.8 Å². The second-order valence-corrected chi connectivity index (χ2v) is 6.55. The molecular formula is C15H26O. The van der Waals surface area contributed by atoms with E-state index in [1.165, 1.54) is 32.1 Å². The molecule has 1 fully saturated rings. The normalized spacial score (nSPS) is 36.2. The average Bonchev–Trinajstić information content (AvgIpc) is 2.42. The van der Waals surface area contributed by atoms with Crippen LogP contribution in [0.4, 0.5) is 0 Å². The van der Waals surface area contributed by atoms with E-state index in [1.807, 2.05) is 13.8 Å². The van der Waals surface area contributed by atoms with Gasteiger partial charge in [-0.1, -0.05) is 18.1 Å². The van der Waals surface area contributed by atoms with Crippen molar-refractivity contribution >= 4 is 0 Å². The molecule has 0 aliphatic heterocycles. The second kappa shape index (κ2) is 4.18. The summed E-state index contributed by atoms with van der Waals surface area (Å²) in [7, 11) is 0. The summed E-state index contributed by atoms with van der Waals surface area (Å²) in [5.74, 6) is 2.07. The summed E-state index contributed by atoms with van der Waals surface area (Å²) >= 11 is 0. The predicted molar refractivity (Wildman–Crippen MR) is 68.2 cm³/mol. The van der Waals surface area contributed by atoms with E-state index in [0.29, 0.717) is 5.92 Å². The molecule has 2 aliphatic carbocycles. The lowest BCUT2D eigenvalue weighted by molar-refractivity contribution is 0.00398. The van der Waals surface area contributed by atoms with Gasteiger partial charge in [0.05, 0.1) is 5.60 Å². The van der Waals surface area contributed by atoms with Gasteiger partial charge in [-0.3, -0.25) is 0 Å². The Kier molecular flexibility index (Phi) is 3.18. The molecule has 0 aromatic heterocycles. The standard InChI is InChI=1S/C15H26O/c1-10-5-7-12(15(3,4)16)9-14-11(2)6-8-13(10)14/h11-12,14,16H,5-9H2,1-4H3/t11-,12?,14?/m0/s1. The topological polar surface area (TPSA) is 20.2 Å². The van der Waals surface area contributed by atoms with Crippen molar-refractivity contribution < 1.29 is 5.11 Å². The fourth-order valence-electron chi connectivity index (χ4n) is 3.63. The number of hydrogen-bond donors (Lipinski definition) is 1. The minimum absolute atomic E-state index is 0.477.